The largest absolute Gasteiger partial charge is 0.301 e. The summed E-state index contributed by atoms with van der Waals surface area (Å²) in [6, 6.07) is 13.6. The number of aromatic nitrogens is 4. The van der Waals surface area contributed by atoms with Gasteiger partial charge in [0, 0.05) is 40.4 Å². The van der Waals surface area contributed by atoms with Crippen molar-refractivity contribution in [3.63, 3.8) is 0 Å². The van der Waals surface area contributed by atoms with Gasteiger partial charge in [-0.25, -0.2) is 0 Å². The minimum absolute atomic E-state index is 0.787. The minimum atomic E-state index is -0.940. The van der Waals surface area contributed by atoms with E-state index in [0.717, 1.165) is 33.9 Å². The van der Waals surface area contributed by atoms with Crippen LogP contribution in [0.2, 0.25) is 0 Å². The lowest BCUT2D eigenvalue weighted by Gasteiger charge is -2.07. The summed E-state index contributed by atoms with van der Waals surface area (Å²) in [6.07, 6.45) is 3.45. The van der Waals surface area contributed by atoms with Gasteiger partial charge >= 0.3 is 0 Å². The Kier molecular flexibility index (Phi) is 5.42. The summed E-state index contributed by atoms with van der Waals surface area (Å²) < 4.78 is 13.5. The van der Waals surface area contributed by atoms with Crippen LogP contribution >= 0.6 is 11.8 Å². The molecule has 0 saturated carbocycles. The number of pyridine rings is 1. The molecule has 124 valence electrons. The van der Waals surface area contributed by atoms with E-state index >= 15 is 0 Å². The minimum Gasteiger partial charge on any atom is -0.301 e. The second-order valence-electron chi connectivity index (χ2n) is 5.15. The molecule has 1 unspecified atom stereocenters. The third-order valence-electron chi connectivity index (χ3n) is 3.55. The average molecular weight is 358 g/mol. The van der Waals surface area contributed by atoms with Crippen molar-refractivity contribution in [2.24, 2.45) is 0 Å². The van der Waals surface area contributed by atoms with Gasteiger partial charge in [-0.1, -0.05) is 30.0 Å². The first-order chi connectivity index (χ1) is 11.7. The Morgan fingerprint density at radius 2 is 1.92 bits per heavy atom. The standard InChI is InChI=1S/C17H18N4OS2/c1-3-21-16(15-6-4-5-11-18-15)19-20-17(21)23-12-13-7-9-14(10-8-13)24(2)22/h4-11H,3,12H2,1-2H3. The highest BCUT2D eigenvalue weighted by atomic mass is 32.2. The highest BCUT2D eigenvalue weighted by molar-refractivity contribution is 7.98. The Morgan fingerprint density at radius 3 is 2.54 bits per heavy atom. The normalized spacial score (nSPS) is 12.2. The van der Waals surface area contributed by atoms with Crippen LogP contribution < -0.4 is 0 Å². The van der Waals surface area contributed by atoms with Gasteiger partial charge in [0.15, 0.2) is 11.0 Å². The zero-order valence-electron chi connectivity index (χ0n) is 13.5. The molecule has 2 heterocycles. The molecule has 2 aromatic heterocycles. The molecule has 3 aromatic rings. The predicted octanol–water partition coefficient (Wildman–Crippen LogP) is 3.39. The Bertz CT molecular complexity index is 832. The van der Waals surface area contributed by atoms with E-state index in [-0.39, 0.29) is 0 Å². The fourth-order valence-electron chi connectivity index (χ4n) is 2.29. The number of benzene rings is 1. The molecule has 0 radical (unpaired) electrons. The van der Waals surface area contributed by atoms with Crippen molar-refractivity contribution in [1.82, 2.24) is 19.7 Å². The molecule has 0 aliphatic carbocycles. The fraction of sp³-hybridized carbons (Fsp3) is 0.235. The third-order valence-corrected chi connectivity index (χ3v) is 5.52. The van der Waals surface area contributed by atoms with E-state index in [2.05, 4.69) is 26.7 Å². The zero-order valence-corrected chi connectivity index (χ0v) is 15.2. The summed E-state index contributed by atoms with van der Waals surface area (Å²) in [7, 11) is -0.940. The molecule has 0 N–H and O–H groups in total. The predicted molar refractivity (Wildman–Crippen MR) is 97.3 cm³/mol. The van der Waals surface area contributed by atoms with E-state index in [4.69, 9.17) is 0 Å². The van der Waals surface area contributed by atoms with Crippen molar-refractivity contribution in [3.8, 4) is 11.5 Å². The number of nitrogens with zero attached hydrogens (tertiary/aromatic N) is 4. The van der Waals surface area contributed by atoms with Crippen LogP contribution in [-0.4, -0.2) is 30.2 Å². The van der Waals surface area contributed by atoms with Crippen molar-refractivity contribution >= 4 is 22.6 Å². The lowest BCUT2D eigenvalue weighted by molar-refractivity contribution is 0.686. The molecular formula is C17H18N4OS2. The van der Waals surface area contributed by atoms with E-state index in [9.17, 15) is 4.21 Å². The summed E-state index contributed by atoms with van der Waals surface area (Å²) >= 11 is 1.64. The smallest absolute Gasteiger partial charge is 0.191 e. The van der Waals surface area contributed by atoms with Crippen LogP contribution in [0.1, 0.15) is 12.5 Å². The summed E-state index contributed by atoms with van der Waals surface area (Å²) in [5.41, 5.74) is 1.99. The molecular weight excluding hydrogens is 340 g/mol. The zero-order chi connectivity index (χ0) is 16.9. The molecule has 0 spiro atoms. The van der Waals surface area contributed by atoms with Crippen LogP contribution in [0.15, 0.2) is 58.7 Å². The van der Waals surface area contributed by atoms with Gasteiger partial charge in [-0.2, -0.15) is 0 Å². The SMILES string of the molecule is CCn1c(SCc2ccc(S(C)=O)cc2)nnc1-c1ccccn1. The number of thioether (sulfide) groups is 1. The Labute approximate surface area is 148 Å². The van der Waals surface area contributed by atoms with E-state index in [1.54, 1.807) is 24.2 Å². The van der Waals surface area contributed by atoms with Crippen LogP contribution in [0.3, 0.4) is 0 Å². The van der Waals surface area contributed by atoms with Gasteiger partial charge in [0.1, 0.15) is 5.69 Å². The number of hydrogen-bond donors (Lipinski definition) is 0. The van der Waals surface area contributed by atoms with Crippen molar-refractivity contribution in [2.45, 2.75) is 29.3 Å². The fourth-order valence-corrected chi connectivity index (χ4v) is 3.77. The molecule has 0 aliphatic rings. The summed E-state index contributed by atoms with van der Waals surface area (Å²) in [4.78, 5) is 5.20. The Balaban J connectivity index is 1.76. The maximum atomic E-state index is 11.4. The van der Waals surface area contributed by atoms with Crippen molar-refractivity contribution in [1.29, 1.82) is 0 Å². The summed E-state index contributed by atoms with van der Waals surface area (Å²) in [6.45, 7) is 2.86. The Hall–Kier alpha value is -1.99. The van der Waals surface area contributed by atoms with Gasteiger partial charge in [0.25, 0.3) is 0 Å². The third kappa shape index (κ3) is 3.73. The first-order valence-corrected chi connectivity index (χ1v) is 10.1. The summed E-state index contributed by atoms with van der Waals surface area (Å²) in [5.74, 6) is 1.58. The topological polar surface area (TPSA) is 60.7 Å². The second-order valence-corrected chi connectivity index (χ2v) is 7.47. The van der Waals surface area contributed by atoms with E-state index in [1.807, 2.05) is 42.5 Å². The maximum absolute atomic E-state index is 11.4. The first kappa shape index (κ1) is 16.9. The molecule has 0 saturated heterocycles. The molecule has 1 aromatic carbocycles. The highest BCUT2D eigenvalue weighted by Gasteiger charge is 2.13. The van der Waals surface area contributed by atoms with Gasteiger partial charge < -0.3 is 4.57 Å². The average Bonchev–Trinajstić information content (AvgIpc) is 3.04. The maximum Gasteiger partial charge on any atom is 0.191 e. The van der Waals surface area contributed by atoms with Crippen molar-refractivity contribution in [3.05, 3.63) is 54.2 Å². The second kappa shape index (κ2) is 7.72. The Morgan fingerprint density at radius 1 is 1.12 bits per heavy atom. The van der Waals surface area contributed by atoms with E-state index < -0.39 is 10.8 Å². The number of hydrogen-bond acceptors (Lipinski definition) is 5. The lowest BCUT2D eigenvalue weighted by atomic mass is 10.2. The van der Waals surface area contributed by atoms with E-state index in [1.165, 1.54) is 5.56 Å². The summed E-state index contributed by atoms with van der Waals surface area (Å²) in [5, 5.41) is 9.48. The van der Waals surface area contributed by atoms with Crippen LogP contribution in [0.5, 0.6) is 0 Å². The molecule has 5 nitrogen and oxygen atoms in total. The van der Waals surface area contributed by atoms with Crippen molar-refractivity contribution in [2.75, 3.05) is 6.26 Å². The lowest BCUT2D eigenvalue weighted by Crippen LogP contribution is -2.00. The molecule has 0 fully saturated rings. The van der Waals surface area contributed by atoms with Gasteiger partial charge in [-0.05, 0) is 36.8 Å². The molecule has 3 rings (SSSR count). The molecule has 24 heavy (non-hydrogen) atoms. The van der Waals surface area contributed by atoms with Gasteiger partial charge in [0.05, 0.1) is 0 Å². The molecule has 0 bridgehead atoms. The molecule has 1 atom stereocenters. The van der Waals surface area contributed by atoms with E-state index in [0.29, 0.717) is 0 Å². The molecule has 7 heteroatoms. The van der Waals surface area contributed by atoms with Crippen LogP contribution in [0, 0.1) is 0 Å². The van der Waals surface area contributed by atoms with Crippen LogP contribution in [0.4, 0.5) is 0 Å². The van der Waals surface area contributed by atoms with Gasteiger partial charge in [-0.15, -0.1) is 10.2 Å². The first-order valence-electron chi connectivity index (χ1n) is 7.59. The quantitative estimate of drug-likeness (QED) is 0.632. The van der Waals surface area contributed by atoms with Crippen LogP contribution in [0.25, 0.3) is 11.5 Å². The molecule has 0 aliphatic heterocycles. The van der Waals surface area contributed by atoms with Crippen LogP contribution in [-0.2, 0) is 23.1 Å². The number of rotatable bonds is 6. The monoisotopic (exact) mass is 358 g/mol. The van der Waals surface area contributed by atoms with Gasteiger partial charge in [-0.3, -0.25) is 9.19 Å². The molecule has 0 amide bonds. The van der Waals surface area contributed by atoms with Gasteiger partial charge in [0.2, 0.25) is 0 Å². The highest BCUT2D eigenvalue weighted by Crippen LogP contribution is 2.25. The van der Waals surface area contributed by atoms with Crippen molar-refractivity contribution < 1.29 is 4.21 Å².